The average Bonchev–Trinajstić information content (AvgIpc) is 2.76. The van der Waals surface area contributed by atoms with Crippen LogP contribution >= 0.6 is 0 Å². The van der Waals surface area contributed by atoms with Crippen molar-refractivity contribution in [2.24, 2.45) is 0 Å². The Balaban J connectivity index is 1.96. The van der Waals surface area contributed by atoms with Gasteiger partial charge in [-0.25, -0.2) is 4.79 Å². The zero-order valence-electron chi connectivity index (χ0n) is 17.4. The maximum Gasteiger partial charge on any atom is 0.338 e. The van der Waals surface area contributed by atoms with E-state index in [1.54, 1.807) is 24.5 Å². The van der Waals surface area contributed by atoms with Gasteiger partial charge in [0.2, 0.25) is 0 Å². The van der Waals surface area contributed by atoms with Crippen LogP contribution in [0.1, 0.15) is 44.0 Å². The number of esters is 1. The fraction of sp³-hybridized carbons (Fsp3) is 0.250. The lowest BCUT2D eigenvalue weighted by Crippen LogP contribution is -2.25. The molecule has 152 valence electrons. The van der Waals surface area contributed by atoms with Gasteiger partial charge in [0, 0.05) is 32.0 Å². The second-order valence-electron chi connectivity index (χ2n) is 7.15. The van der Waals surface area contributed by atoms with Crippen LogP contribution in [0.3, 0.4) is 0 Å². The molecule has 2 aromatic heterocycles. The Morgan fingerprint density at radius 1 is 1.00 bits per heavy atom. The summed E-state index contributed by atoms with van der Waals surface area (Å²) in [4.78, 5) is 23.6. The van der Waals surface area contributed by atoms with Crippen LogP contribution in [0.2, 0.25) is 0 Å². The second-order valence-corrected chi connectivity index (χ2v) is 7.15. The van der Waals surface area contributed by atoms with E-state index >= 15 is 0 Å². The van der Waals surface area contributed by atoms with E-state index in [2.05, 4.69) is 20.9 Å². The highest BCUT2D eigenvalue weighted by atomic mass is 16.5. The molecule has 1 aromatic carbocycles. The van der Waals surface area contributed by atoms with Gasteiger partial charge in [-0.3, -0.25) is 14.9 Å². The van der Waals surface area contributed by atoms with Gasteiger partial charge < -0.3 is 4.74 Å². The quantitative estimate of drug-likeness (QED) is 0.559. The van der Waals surface area contributed by atoms with E-state index in [-0.39, 0.29) is 0 Å². The highest BCUT2D eigenvalue weighted by Crippen LogP contribution is 2.20. The first-order valence-electron chi connectivity index (χ1n) is 9.66. The van der Waals surface area contributed by atoms with Gasteiger partial charge in [-0.05, 0) is 54.8 Å². The minimum atomic E-state index is -0.454. The van der Waals surface area contributed by atoms with E-state index in [0.717, 1.165) is 28.1 Å². The van der Waals surface area contributed by atoms with E-state index in [9.17, 15) is 10.1 Å². The van der Waals surface area contributed by atoms with Gasteiger partial charge in [-0.1, -0.05) is 18.2 Å². The Morgan fingerprint density at radius 3 is 2.10 bits per heavy atom. The molecule has 0 amide bonds. The third-order valence-corrected chi connectivity index (χ3v) is 5.02. The number of hydrogen-bond acceptors (Lipinski definition) is 6. The first-order valence-corrected chi connectivity index (χ1v) is 9.66. The maximum absolute atomic E-state index is 12.3. The van der Waals surface area contributed by atoms with Crippen LogP contribution in [0.25, 0.3) is 0 Å². The van der Waals surface area contributed by atoms with Gasteiger partial charge in [0.05, 0.1) is 35.7 Å². The molecule has 0 radical (unpaired) electrons. The molecule has 0 aliphatic carbocycles. The van der Waals surface area contributed by atoms with Crippen molar-refractivity contribution in [3.63, 3.8) is 0 Å². The van der Waals surface area contributed by atoms with Gasteiger partial charge in [-0.15, -0.1) is 0 Å². The molecule has 0 atom stereocenters. The van der Waals surface area contributed by atoms with Crippen LogP contribution in [-0.4, -0.2) is 27.9 Å². The summed E-state index contributed by atoms with van der Waals surface area (Å²) in [5, 5.41) is 9.21. The Kier molecular flexibility index (Phi) is 6.89. The molecule has 0 N–H and O–H groups in total. The molecule has 0 unspecified atom stereocenters. The lowest BCUT2D eigenvalue weighted by atomic mass is 10.0. The predicted octanol–water partition coefficient (Wildman–Crippen LogP) is 3.95. The molecule has 0 bridgehead atoms. The smallest absolute Gasteiger partial charge is 0.338 e. The average molecular weight is 400 g/mol. The van der Waals surface area contributed by atoms with Crippen molar-refractivity contribution in [1.29, 1.82) is 5.26 Å². The third kappa shape index (κ3) is 5.07. The molecular weight excluding hydrogens is 376 g/mol. The summed E-state index contributed by atoms with van der Waals surface area (Å²) in [5.41, 5.74) is 5.77. The molecule has 6 heteroatoms. The molecule has 0 saturated carbocycles. The fourth-order valence-electron chi connectivity index (χ4n) is 3.28. The van der Waals surface area contributed by atoms with Crippen LogP contribution in [0, 0.1) is 25.2 Å². The first kappa shape index (κ1) is 21.2. The van der Waals surface area contributed by atoms with Gasteiger partial charge in [0.1, 0.15) is 0 Å². The molecular formula is C24H24N4O2. The molecule has 0 spiro atoms. The summed E-state index contributed by atoms with van der Waals surface area (Å²) in [5.74, 6) is -0.454. The molecule has 0 aliphatic rings. The van der Waals surface area contributed by atoms with Gasteiger partial charge in [0.15, 0.2) is 0 Å². The summed E-state index contributed by atoms with van der Waals surface area (Å²) in [6.45, 7) is 5.76. The van der Waals surface area contributed by atoms with E-state index in [1.807, 2.05) is 44.2 Å². The Labute approximate surface area is 176 Å². The molecule has 0 saturated heterocycles. The number of aryl methyl sites for hydroxylation is 2. The van der Waals surface area contributed by atoms with Crippen molar-refractivity contribution < 1.29 is 9.53 Å². The zero-order valence-corrected chi connectivity index (χ0v) is 17.4. The fourth-order valence-corrected chi connectivity index (χ4v) is 3.28. The molecule has 0 aliphatic heterocycles. The van der Waals surface area contributed by atoms with E-state index < -0.39 is 5.97 Å². The van der Waals surface area contributed by atoms with Gasteiger partial charge >= 0.3 is 5.97 Å². The summed E-state index contributed by atoms with van der Waals surface area (Å²) < 4.78 is 4.94. The summed E-state index contributed by atoms with van der Waals surface area (Å²) >= 11 is 0. The number of pyridine rings is 2. The topological polar surface area (TPSA) is 79.1 Å². The standard InChI is InChI=1S/C24H24N4O2/c1-17-6-4-10-26-22(17)15-28(16-23-18(2)7-5-11-27-23)14-20-9-8-19(13-25)12-21(20)24(29)30-3/h4-12H,14-16H2,1-3H3. The number of benzene rings is 1. The molecule has 3 rings (SSSR count). The summed E-state index contributed by atoms with van der Waals surface area (Å²) in [7, 11) is 1.34. The lowest BCUT2D eigenvalue weighted by Gasteiger charge is -2.24. The highest BCUT2D eigenvalue weighted by Gasteiger charge is 2.18. The van der Waals surface area contributed by atoms with Crippen LogP contribution < -0.4 is 0 Å². The Morgan fingerprint density at radius 2 is 1.60 bits per heavy atom. The van der Waals surface area contributed by atoms with Crippen LogP contribution in [0.15, 0.2) is 54.9 Å². The van der Waals surface area contributed by atoms with Crippen molar-refractivity contribution in [3.05, 3.63) is 94.1 Å². The van der Waals surface area contributed by atoms with E-state index in [1.165, 1.54) is 7.11 Å². The van der Waals surface area contributed by atoms with E-state index in [4.69, 9.17) is 4.74 Å². The van der Waals surface area contributed by atoms with Crippen molar-refractivity contribution in [1.82, 2.24) is 14.9 Å². The monoisotopic (exact) mass is 400 g/mol. The van der Waals surface area contributed by atoms with Gasteiger partial charge in [-0.2, -0.15) is 5.26 Å². The molecule has 0 fully saturated rings. The number of methoxy groups -OCH3 is 1. The maximum atomic E-state index is 12.3. The minimum absolute atomic E-state index is 0.400. The number of hydrogen-bond donors (Lipinski definition) is 0. The van der Waals surface area contributed by atoms with Crippen molar-refractivity contribution in [3.8, 4) is 6.07 Å². The van der Waals surface area contributed by atoms with E-state index in [0.29, 0.717) is 30.8 Å². The zero-order chi connectivity index (χ0) is 21.5. The predicted molar refractivity (Wildman–Crippen MR) is 113 cm³/mol. The number of carbonyl (C=O) groups excluding carboxylic acids is 1. The number of nitrogens with zero attached hydrogens (tertiary/aromatic N) is 4. The molecule has 3 aromatic rings. The Bertz CT molecular complexity index is 1040. The Hall–Kier alpha value is -3.56. The third-order valence-electron chi connectivity index (χ3n) is 5.02. The summed E-state index contributed by atoms with van der Waals surface area (Å²) in [6.07, 6.45) is 3.57. The molecule has 6 nitrogen and oxygen atoms in total. The van der Waals surface area contributed by atoms with Crippen LogP contribution in [0.5, 0.6) is 0 Å². The number of rotatable bonds is 7. The number of nitriles is 1. The molecule has 30 heavy (non-hydrogen) atoms. The van der Waals surface area contributed by atoms with Crippen molar-refractivity contribution in [2.75, 3.05) is 7.11 Å². The van der Waals surface area contributed by atoms with Gasteiger partial charge in [0.25, 0.3) is 0 Å². The second kappa shape index (κ2) is 9.77. The lowest BCUT2D eigenvalue weighted by molar-refractivity contribution is 0.0598. The number of carbonyl (C=O) groups is 1. The van der Waals surface area contributed by atoms with Crippen LogP contribution in [0.4, 0.5) is 0 Å². The summed E-state index contributed by atoms with van der Waals surface area (Å²) in [6, 6.07) is 15.1. The SMILES string of the molecule is COC(=O)c1cc(C#N)ccc1CN(Cc1ncccc1C)Cc1ncccc1C. The number of aromatic nitrogens is 2. The first-order chi connectivity index (χ1) is 14.5. The van der Waals surface area contributed by atoms with Crippen molar-refractivity contribution in [2.45, 2.75) is 33.5 Å². The highest BCUT2D eigenvalue weighted by molar-refractivity contribution is 5.91. The number of ether oxygens (including phenoxy) is 1. The normalized spacial score (nSPS) is 10.6. The van der Waals surface area contributed by atoms with Crippen LogP contribution in [-0.2, 0) is 24.4 Å². The largest absolute Gasteiger partial charge is 0.465 e. The van der Waals surface area contributed by atoms with Crippen molar-refractivity contribution >= 4 is 5.97 Å². The minimum Gasteiger partial charge on any atom is -0.465 e. The molecule has 2 heterocycles.